The first-order chi connectivity index (χ1) is 7.40. The third-order valence-electron chi connectivity index (χ3n) is 1.93. The summed E-state index contributed by atoms with van der Waals surface area (Å²) in [5.74, 6) is 0. The molecule has 1 aromatic carbocycles. The van der Waals surface area contributed by atoms with Crippen molar-refractivity contribution < 1.29 is 0 Å². The van der Waals surface area contributed by atoms with Crippen LogP contribution in [0.4, 0.5) is 0 Å². The summed E-state index contributed by atoms with van der Waals surface area (Å²) in [6, 6.07) is 8.85. The lowest BCUT2D eigenvalue weighted by Crippen LogP contribution is -1.75. The van der Waals surface area contributed by atoms with Crippen LogP contribution in [0, 0.1) is 0 Å². The van der Waals surface area contributed by atoms with Crippen LogP contribution in [0.15, 0.2) is 29.6 Å². The third-order valence-corrected chi connectivity index (χ3v) is 2.81. The molecule has 0 atom stereocenters. The maximum atomic E-state index is 2.28. The smallest absolute Gasteiger partial charge is 0.0345 e. The van der Waals surface area contributed by atoms with Crippen molar-refractivity contribution in [2.24, 2.45) is 0 Å². The molecule has 0 saturated heterocycles. The molecular formula is C14H22S. The Bertz CT molecular complexity index is 360. The van der Waals surface area contributed by atoms with Crippen LogP contribution in [0.1, 0.15) is 40.2 Å². The molecule has 0 aliphatic carbocycles. The SMILES string of the molecule is CC.CC.CCc1ccc2ccsc2c1. The first-order valence-electron chi connectivity index (χ1n) is 5.86. The molecule has 1 heteroatoms. The van der Waals surface area contributed by atoms with Crippen LogP contribution in [0.2, 0.25) is 0 Å². The highest BCUT2D eigenvalue weighted by Gasteiger charge is 1.94. The molecule has 2 aromatic rings. The van der Waals surface area contributed by atoms with E-state index in [0.29, 0.717) is 0 Å². The number of thiophene rings is 1. The molecule has 1 heterocycles. The first-order valence-corrected chi connectivity index (χ1v) is 6.74. The Hall–Kier alpha value is -0.820. The van der Waals surface area contributed by atoms with Gasteiger partial charge in [0.05, 0.1) is 0 Å². The molecule has 0 saturated carbocycles. The lowest BCUT2D eigenvalue weighted by Gasteiger charge is -1.94. The van der Waals surface area contributed by atoms with Gasteiger partial charge in [-0.05, 0) is 34.9 Å². The molecule has 0 spiro atoms. The molecule has 0 aliphatic heterocycles. The second-order valence-electron chi connectivity index (χ2n) is 2.65. The minimum Gasteiger partial charge on any atom is -0.144 e. The second-order valence-corrected chi connectivity index (χ2v) is 3.59. The Kier molecular flexibility index (Phi) is 8.02. The quantitative estimate of drug-likeness (QED) is 0.596. The zero-order valence-electron chi connectivity index (χ0n) is 10.5. The van der Waals surface area contributed by atoms with Gasteiger partial charge in [-0.15, -0.1) is 11.3 Å². The molecule has 0 bridgehead atoms. The predicted octanol–water partition coefficient (Wildman–Crippen LogP) is 5.52. The van der Waals surface area contributed by atoms with Crippen LogP contribution >= 0.6 is 11.3 Å². The highest BCUT2D eigenvalue weighted by molar-refractivity contribution is 7.17. The normalized spacial score (nSPS) is 8.60. The Labute approximate surface area is 98.0 Å². The molecular weight excluding hydrogens is 200 g/mol. The fourth-order valence-corrected chi connectivity index (χ4v) is 2.07. The number of benzene rings is 1. The van der Waals surface area contributed by atoms with Crippen LogP contribution in [-0.4, -0.2) is 0 Å². The number of hydrogen-bond donors (Lipinski definition) is 0. The maximum Gasteiger partial charge on any atom is 0.0345 e. The summed E-state index contributed by atoms with van der Waals surface area (Å²) in [7, 11) is 0. The minimum absolute atomic E-state index is 1.13. The molecule has 0 N–H and O–H groups in total. The van der Waals surface area contributed by atoms with Crippen LogP contribution in [-0.2, 0) is 6.42 Å². The van der Waals surface area contributed by atoms with Gasteiger partial charge in [-0.2, -0.15) is 0 Å². The van der Waals surface area contributed by atoms with E-state index in [9.17, 15) is 0 Å². The maximum absolute atomic E-state index is 2.28. The minimum atomic E-state index is 1.13. The van der Waals surface area contributed by atoms with Crippen molar-refractivity contribution in [2.75, 3.05) is 0 Å². The van der Waals surface area contributed by atoms with Crippen LogP contribution in [0.3, 0.4) is 0 Å². The van der Waals surface area contributed by atoms with Gasteiger partial charge in [0.15, 0.2) is 0 Å². The largest absolute Gasteiger partial charge is 0.144 e. The average Bonchev–Trinajstić information content (AvgIpc) is 2.81. The molecule has 2 rings (SSSR count). The van der Waals surface area contributed by atoms with Crippen molar-refractivity contribution in [1.29, 1.82) is 0 Å². The lowest BCUT2D eigenvalue weighted by atomic mass is 10.1. The van der Waals surface area contributed by atoms with Crippen molar-refractivity contribution in [1.82, 2.24) is 0 Å². The molecule has 0 nitrogen and oxygen atoms in total. The van der Waals surface area contributed by atoms with Crippen LogP contribution < -0.4 is 0 Å². The van der Waals surface area contributed by atoms with Gasteiger partial charge in [0, 0.05) is 4.70 Å². The number of rotatable bonds is 1. The summed E-state index contributed by atoms with van der Waals surface area (Å²) in [4.78, 5) is 0. The fraction of sp³-hybridized carbons (Fsp3) is 0.429. The number of aryl methyl sites for hydroxylation is 1. The summed E-state index contributed by atoms with van der Waals surface area (Å²) in [6.45, 7) is 10.2. The lowest BCUT2D eigenvalue weighted by molar-refractivity contribution is 1.15. The Morgan fingerprint density at radius 3 is 2.27 bits per heavy atom. The predicted molar refractivity (Wildman–Crippen MR) is 73.9 cm³/mol. The fourth-order valence-electron chi connectivity index (χ4n) is 1.22. The number of fused-ring (bicyclic) bond motifs is 1. The van der Waals surface area contributed by atoms with E-state index in [1.54, 1.807) is 0 Å². The highest BCUT2D eigenvalue weighted by atomic mass is 32.1. The van der Waals surface area contributed by atoms with Gasteiger partial charge in [0.2, 0.25) is 0 Å². The van der Waals surface area contributed by atoms with Gasteiger partial charge in [-0.3, -0.25) is 0 Å². The second kappa shape index (κ2) is 8.49. The van der Waals surface area contributed by atoms with Gasteiger partial charge >= 0.3 is 0 Å². The van der Waals surface area contributed by atoms with Gasteiger partial charge in [-0.1, -0.05) is 46.8 Å². The number of hydrogen-bond acceptors (Lipinski definition) is 1. The Morgan fingerprint density at radius 2 is 1.67 bits per heavy atom. The Balaban J connectivity index is 0.000000442. The molecule has 15 heavy (non-hydrogen) atoms. The molecule has 0 aliphatic rings. The summed E-state index contributed by atoms with van der Waals surface area (Å²) >= 11 is 1.82. The van der Waals surface area contributed by atoms with Crippen molar-refractivity contribution in [3.63, 3.8) is 0 Å². The van der Waals surface area contributed by atoms with Gasteiger partial charge in [-0.25, -0.2) is 0 Å². The van der Waals surface area contributed by atoms with Crippen molar-refractivity contribution in [3.8, 4) is 0 Å². The summed E-state index contributed by atoms with van der Waals surface area (Å²) < 4.78 is 1.41. The van der Waals surface area contributed by atoms with Crippen molar-refractivity contribution in [2.45, 2.75) is 41.0 Å². The van der Waals surface area contributed by atoms with Gasteiger partial charge < -0.3 is 0 Å². The molecule has 84 valence electrons. The monoisotopic (exact) mass is 222 g/mol. The van der Waals surface area contributed by atoms with E-state index in [4.69, 9.17) is 0 Å². The summed E-state index contributed by atoms with van der Waals surface area (Å²) in [5.41, 5.74) is 1.43. The zero-order chi connectivity index (χ0) is 11.7. The first kappa shape index (κ1) is 14.2. The van der Waals surface area contributed by atoms with E-state index < -0.39 is 0 Å². The van der Waals surface area contributed by atoms with E-state index in [2.05, 4.69) is 36.6 Å². The summed E-state index contributed by atoms with van der Waals surface area (Å²) in [5, 5.41) is 3.51. The molecule has 1 aromatic heterocycles. The van der Waals surface area contributed by atoms with E-state index in [0.717, 1.165) is 6.42 Å². The Morgan fingerprint density at radius 1 is 1.00 bits per heavy atom. The van der Waals surface area contributed by atoms with Crippen LogP contribution in [0.25, 0.3) is 10.1 Å². The van der Waals surface area contributed by atoms with Crippen LogP contribution in [0.5, 0.6) is 0 Å². The van der Waals surface area contributed by atoms with Gasteiger partial charge in [0.1, 0.15) is 0 Å². The van der Waals surface area contributed by atoms with E-state index >= 15 is 0 Å². The van der Waals surface area contributed by atoms with Crippen molar-refractivity contribution >= 4 is 21.4 Å². The topological polar surface area (TPSA) is 0 Å². The highest BCUT2D eigenvalue weighted by Crippen LogP contribution is 2.21. The van der Waals surface area contributed by atoms with E-state index in [1.807, 2.05) is 39.0 Å². The molecule has 0 unspecified atom stereocenters. The van der Waals surface area contributed by atoms with E-state index in [-0.39, 0.29) is 0 Å². The standard InChI is InChI=1S/C10H10S.2C2H6/c1-2-8-3-4-9-5-6-11-10(9)7-8;2*1-2/h3-7H,2H2,1H3;2*1-2H3. The summed E-state index contributed by atoms with van der Waals surface area (Å²) in [6.07, 6.45) is 1.13. The molecule has 0 amide bonds. The molecule has 0 fully saturated rings. The zero-order valence-corrected chi connectivity index (χ0v) is 11.3. The van der Waals surface area contributed by atoms with E-state index in [1.165, 1.54) is 15.6 Å². The molecule has 0 radical (unpaired) electrons. The van der Waals surface area contributed by atoms with Gasteiger partial charge in [0.25, 0.3) is 0 Å². The van der Waals surface area contributed by atoms with Crippen molar-refractivity contribution in [3.05, 3.63) is 35.2 Å². The average molecular weight is 222 g/mol. The third kappa shape index (κ3) is 4.05.